The normalized spacial score (nSPS) is 10.6. The first-order valence-electron chi connectivity index (χ1n) is 6.30. The smallest absolute Gasteiger partial charge is 0.316 e. The SMILES string of the molecule is CCCn1cc(-c2nc(NC)nc(C)c2[N+](=O)[O-])cn1. The summed E-state index contributed by atoms with van der Waals surface area (Å²) in [4.78, 5) is 19.0. The Morgan fingerprint density at radius 2 is 2.20 bits per heavy atom. The van der Waals surface area contributed by atoms with Gasteiger partial charge in [-0.05, 0) is 13.3 Å². The van der Waals surface area contributed by atoms with E-state index in [1.54, 1.807) is 31.0 Å². The van der Waals surface area contributed by atoms with Gasteiger partial charge in [-0.1, -0.05) is 6.92 Å². The van der Waals surface area contributed by atoms with Crippen LogP contribution < -0.4 is 5.32 Å². The summed E-state index contributed by atoms with van der Waals surface area (Å²) in [5, 5.41) is 18.2. The Labute approximate surface area is 116 Å². The van der Waals surface area contributed by atoms with E-state index in [0.29, 0.717) is 17.2 Å². The molecule has 1 N–H and O–H groups in total. The van der Waals surface area contributed by atoms with Crippen molar-refractivity contribution in [3.63, 3.8) is 0 Å². The van der Waals surface area contributed by atoms with Crippen LogP contribution in [-0.2, 0) is 6.54 Å². The van der Waals surface area contributed by atoms with Crippen molar-refractivity contribution in [2.45, 2.75) is 26.8 Å². The number of aryl methyl sites for hydroxylation is 2. The van der Waals surface area contributed by atoms with Gasteiger partial charge in [0.2, 0.25) is 5.95 Å². The van der Waals surface area contributed by atoms with Crippen LogP contribution in [-0.4, -0.2) is 31.7 Å². The third-order valence-corrected chi connectivity index (χ3v) is 2.82. The predicted molar refractivity (Wildman–Crippen MR) is 74.5 cm³/mol. The quantitative estimate of drug-likeness (QED) is 0.662. The van der Waals surface area contributed by atoms with Gasteiger partial charge in [0.05, 0.1) is 11.1 Å². The number of anilines is 1. The fourth-order valence-corrected chi connectivity index (χ4v) is 1.94. The van der Waals surface area contributed by atoms with Gasteiger partial charge in [0, 0.05) is 25.4 Å². The van der Waals surface area contributed by atoms with E-state index in [-0.39, 0.29) is 11.4 Å². The van der Waals surface area contributed by atoms with Gasteiger partial charge in [-0.25, -0.2) is 9.97 Å². The monoisotopic (exact) mass is 276 g/mol. The fourth-order valence-electron chi connectivity index (χ4n) is 1.94. The molecule has 0 unspecified atom stereocenters. The molecule has 0 saturated carbocycles. The van der Waals surface area contributed by atoms with Crippen LogP contribution in [0.2, 0.25) is 0 Å². The molecule has 0 aliphatic rings. The first-order chi connectivity index (χ1) is 9.56. The maximum atomic E-state index is 11.2. The van der Waals surface area contributed by atoms with Crippen LogP contribution in [0, 0.1) is 17.0 Å². The molecular weight excluding hydrogens is 260 g/mol. The number of aromatic nitrogens is 4. The molecule has 0 saturated heterocycles. The summed E-state index contributed by atoms with van der Waals surface area (Å²) in [5.74, 6) is 0.353. The van der Waals surface area contributed by atoms with Crippen molar-refractivity contribution in [1.29, 1.82) is 0 Å². The Hall–Kier alpha value is -2.51. The number of hydrogen-bond donors (Lipinski definition) is 1. The van der Waals surface area contributed by atoms with Gasteiger partial charge in [-0.3, -0.25) is 14.8 Å². The molecule has 0 aliphatic carbocycles. The average molecular weight is 276 g/mol. The van der Waals surface area contributed by atoms with E-state index in [4.69, 9.17) is 0 Å². The molecular formula is C12H16N6O2. The molecule has 2 aromatic rings. The Balaban J connectivity index is 2.57. The maximum Gasteiger partial charge on any atom is 0.316 e. The summed E-state index contributed by atoms with van der Waals surface area (Å²) >= 11 is 0. The number of nitrogens with zero attached hydrogens (tertiary/aromatic N) is 5. The molecule has 20 heavy (non-hydrogen) atoms. The summed E-state index contributed by atoms with van der Waals surface area (Å²) in [5.41, 5.74) is 1.15. The third-order valence-electron chi connectivity index (χ3n) is 2.82. The minimum absolute atomic E-state index is 0.0833. The molecule has 0 fully saturated rings. The van der Waals surface area contributed by atoms with E-state index < -0.39 is 4.92 Å². The first-order valence-corrected chi connectivity index (χ1v) is 6.30. The largest absolute Gasteiger partial charge is 0.357 e. The zero-order chi connectivity index (χ0) is 14.7. The van der Waals surface area contributed by atoms with Gasteiger partial charge < -0.3 is 5.32 Å². The van der Waals surface area contributed by atoms with Crippen molar-refractivity contribution in [3.8, 4) is 11.3 Å². The van der Waals surface area contributed by atoms with E-state index >= 15 is 0 Å². The van der Waals surface area contributed by atoms with Crippen LogP contribution in [0.1, 0.15) is 19.0 Å². The van der Waals surface area contributed by atoms with Crippen molar-refractivity contribution < 1.29 is 4.92 Å². The molecule has 8 heteroatoms. The second-order valence-electron chi connectivity index (χ2n) is 4.33. The molecule has 0 amide bonds. The van der Waals surface area contributed by atoms with Crippen LogP contribution in [0.4, 0.5) is 11.6 Å². The highest BCUT2D eigenvalue weighted by molar-refractivity contribution is 5.70. The molecule has 2 aromatic heterocycles. The zero-order valence-electron chi connectivity index (χ0n) is 11.6. The minimum Gasteiger partial charge on any atom is -0.357 e. The van der Waals surface area contributed by atoms with Crippen molar-refractivity contribution in [1.82, 2.24) is 19.7 Å². The lowest BCUT2D eigenvalue weighted by atomic mass is 10.2. The van der Waals surface area contributed by atoms with Gasteiger partial charge in [-0.2, -0.15) is 5.10 Å². The van der Waals surface area contributed by atoms with Gasteiger partial charge in [0.15, 0.2) is 5.69 Å². The third kappa shape index (κ3) is 2.58. The molecule has 0 atom stereocenters. The predicted octanol–water partition coefficient (Wildman–Crippen LogP) is 2.01. The lowest BCUT2D eigenvalue weighted by Gasteiger charge is -2.05. The molecule has 106 valence electrons. The summed E-state index contributed by atoms with van der Waals surface area (Å²) in [6, 6.07) is 0. The fraction of sp³-hybridized carbons (Fsp3) is 0.417. The van der Waals surface area contributed by atoms with Crippen molar-refractivity contribution in [2.24, 2.45) is 0 Å². The second-order valence-corrected chi connectivity index (χ2v) is 4.33. The van der Waals surface area contributed by atoms with Gasteiger partial charge in [-0.15, -0.1) is 0 Å². The van der Waals surface area contributed by atoms with Crippen LogP contribution >= 0.6 is 0 Å². The van der Waals surface area contributed by atoms with E-state index in [1.807, 2.05) is 6.92 Å². The topological polar surface area (TPSA) is 98.8 Å². The highest BCUT2D eigenvalue weighted by Crippen LogP contribution is 2.30. The summed E-state index contributed by atoms with van der Waals surface area (Å²) in [6.07, 6.45) is 4.29. The molecule has 0 aliphatic heterocycles. The molecule has 2 rings (SSSR count). The zero-order valence-corrected chi connectivity index (χ0v) is 11.6. The Kier molecular flexibility index (Phi) is 3.92. The van der Waals surface area contributed by atoms with Crippen LogP contribution in [0.5, 0.6) is 0 Å². The number of hydrogen-bond acceptors (Lipinski definition) is 6. The van der Waals surface area contributed by atoms with E-state index in [9.17, 15) is 10.1 Å². The summed E-state index contributed by atoms with van der Waals surface area (Å²) in [6.45, 7) is 4.40. The van der Waals surface area contributed by atoms with Gasteiger partial charge in [0.25, 0.3) is 0 Å². The Bertz CT molecular complexity index is 637. The van der Waals surface area contributed by atoms with Crippen LogP contribution in [0.25, 0.3) is 11.3 Å². The van der Waals surface area contributed by atoms with Crippen molar-refractivity contribution in [3.05, 3.63) is 28.2 Å². The maximum absolute atomic E-state index is 11.2. The van der Waals surface area contributed by atoms with Crippen molar-refractivity contribution in [2.75, 3.05) is 12.4 Å². The van der Waals surface area contributed by atoms with Gasteiger partial charge in [0.1, 0.15) is 5.69 Å². The number of nitrogens with one attached hydrogen (secondary N) is 1. The molecule has 0 radical (unpaired) electrons. The average Bonchev–Trinajstić information content (AvgIpc) is 2.86. The highest BCUT2D eigenvalue weighted by Gasteiger charge is 2.23. The summed E-state index contributed by atoms with van der Waals surface area (Å²) in [7, 11) is 1.67. The first kappa shape index (κ1) is 13.9. The minimum atomic E-state index is -0.457. The number of rotatable bonds is 5. The lowest BCUT2D eigenvalue weighted by molar-refractivity contribution is -0.385. The molecule has 0 bridgehead atoms. The highest BCUT2D eigenvalue weighted by atomic mass is 16.6. The standard InChI is InChI=1S/C12H16N6O2/c1-4-5-17-7-9(6-14-17)10-11(18(19)20)8(2)15-12(13-3)16-10/h6-7H,4-5H2,1-3H3,(H,13,15,16). The number of nitro groups is 1. The second kappa shape index (κ2) is 5.64. The molecule has 2 heterocycles. The summed E-state index contributed by atoms with van der Waals surface area (Å²) < 4.78 is 1.75. The Morgan fingerprint density at radius 3 is 2.80 bits per heavy atom. The Morgan fingerprint density at radius 1 is 1.45 bits per heavy atom. The van der Waals surface area contributed by atoms with Crippen LogP contribution in [0.3, 0.4) is 0 Å². The van der Waals surface area contributed by atoms with E-state index in [0.717, 1.165) is 13.0 Å². The van der Waals surface area contributed by atoms with Crippen molar-refractivity contribution >= 4 is 11.6 Å². The van der Waals surface area contributed by atoms with Gasteiger partial charge >= 0.3 is 5.69 Å². The molecule has 0 spiro atoms. The lowest BCUT2D eigenvalue weighted by Crippen LogP contribution is -2.04. The molecule has 8 nitrogen and oxygen atoms in total. The molecule has 0 aromatic carbocycles. The van der Waals surface area contributed by atoms with E-state index in [1.165, 1.54) is 0 Å². The van der Waals surface area contributed by atoms with E-state index in [2.05, 4.69) is 20.4 Å². The van der Waals surface area contributed by atoms with Crippen LogP contribution in [0.15, 0.2) is 12.4 Å².